The second kappa shape index (κ2) is 7.91. The Morgan fingerprint density at radius 3 is 2.70 bits per heavy atom. The molecular weight excluding hydrogens is 410 g/mol. The predicted molar refractivity (Wildman–Crippen MR) is 91.6 cm³/mol. The van der Waals surface area contributed by atoms with E-state index in [-0.39, 0.29) is 33.9 Å². The molecule has 0 saturated carbocycles. The summed E-state index contributed by atoms with van der Waals surface area (Å²) in [6.45, 7) is -0.195. The van der Waals surface area contributed by atoms with Crippen LogP contribution in [0.5, 0.6) is 5.75 Å². The number of hydrogen-bond donors (Lipinski definition) is 1. The molecule has 1 unspecified atom stereocenters. The first-order valence-corrected chi connectivity index (χ1v) is 8.91. The van der Waals surface area contributed by atoms with Gasteiger partial charge in [-0.3, -0.25) is 4.40 Å². The van der Waals surface area contributed by atoms with Crippen LogP contribution in [0.3, 0.4) is 0 Å². The Kier molecular flexibility index (Phi) is 5.78. The average molecular weight is 422 g/mol. The Labute approximate surface area is 159 Å². The SMILES string of the molecule is OC(COc1ccccc1F)CSc1nnc2c(Cl)cc(C(F)(F)F)cn12. The van der Waals surface area contributed by atoms with Gasteiger partial charge in [-0.05, 0) is 18.2 Å². The number of pyridine rings is 1. The van der Waals surface area contributed by atoms with Crippen LogP contribution in [0.25, 0.3) is 5.65 Å². The van der Waals surface area contributed by atoms with Gasteiger partial charge in [0.15, 0.2) is 22.4 Å². The lowest BCUT2D eigenvalue weighted by Crippen LogP contribution is -2.20. The van der Waals surface area contributed by atoms with Crippen LogP contribution in [-0.2, 0) is 6.18 Å². The smallest absolute Gasteiger partial charge is 0.417 e. The zero-order valence-corrected chi connectivity index (χ0v) is 15.0. The quantitative estimate of drug-likeness (QED) is 0.480. The van der Waals surface area contributed by atoms with Gasteiger partial charge in [0.25, 0.3) is 0 Å². The first kappa shape index (κ1) is 19.7. The summed E-state index contributed by atoms with van der Waals surface area (Å²) in [6, 6.07) is 6.51. The molecule has 11 heteroatoms. The number of fused-ring (bicyclic) bond motifs is 1. The molecule has 0 radical (unpaired) electrons. The molecule has 3 aromatic rings. The van der Waals surface area contributed by atoms with Crippen molar-refractivity contribution in [3.8, 4) is 5.75 Å². The Morgan fingerprint density at radius 1 is 1.26 bits per heavy atom. The van der Waals surface area contributed by atoms with E-state index < -0.39 is 23.7 Å². The first-order chi connectivity index (χ1) is 12.8. The van der Waals surface area contributed by atoms with Gasteiger partial charge >= 0.3 is 6.18 Å². The molecule has 0 fully saturated rings. The third-order valence-corrected chi connectivity index (χ3v) is 4.79. The van der Waals surface area contributed by atoms with E-state index in [2.05, 4.69) is 10.2 Å². The molecule has 0 aliphatic rings. The van der Waals surface area contributed by atoms with Gasteiger partial charge in [0, 0.05) is 11.9 Å². The van der Waals surface area contributed by atoms with Crippen LogP contribution in [-0.4, -0.2) is 38.2 Å². The minimum Gasteiger partial charge on any atom is -0.488 e. The monoisotopic (exact) mass is 421 g/mol. The van der Waals surface area contributed by atoms with Crippen molar-refractivity contribution < 1.29 is 27.4 Å². The molecule has 1 atom stereocenters. The molecule has 5 nitrogen and oxygen atoms in total. The lowest BCUT2D eigenvalue weighted by atomic mass is 10.3. The Morgan fingerprint density at radius 2 is 2.00 bits per heavy atom. The third kappa shape index (κ3) is 4.63. The maximum absolute atomic E-state index is 13.5. The Balaban J connectivity index is 1.68. The second-order valence-electron chi connectivity index (χ2n) is 5.46. The highest BCUT2D eigenvalue weighted by molar-refractivity contribution is 7.99. The molecule has 2 heterocycles. The van der Waals surface area contributed by atoms with Crippen LogP contribution in [0.2, 0.25) is 5.02 Å². The van der Waals surface area contributed by atoms with E-state index in [0.717, 1.165) is 28.4 Å². The summed E-state index contributed by atoms with van der Waals surface area (Å²) < 4.78 is 58.6. The third-order valence-electron chi connectivity index (χ3n) is 3.43. The van der Waals surface area contributed by atoms with Crippen LogP contribution in [0.15, 0.2) is 41.7 Å². The fraction of sp³-hybridized carbons (Fsp3) is 0.250. The lowest BCUT2D eigenvalue weighted by Gasteiger charge is -2.12. The second-order valence-corrected chi connectivity index (χ2v) is 6.85. The van der Waals surface area contributed by atoms with Gasteiger partial charge in [0.2, 0.25) is 0 Å². The van der Waals surface area contributed by atoms with Crippen molar-refractivity contribution in [2.24, 2.45) is 0 Å². The van der Waals surface area contributed by atoms with Gasteiger partial charge in [0.05, 0.1) is 16.7 Å². The van der Waals surface area contributed by atoms with Crippen molar-refractivity contribution in [1.29, 1.82) is 0 Å². The van der Waals surface area contributed by atoms with E-state index in [9.17, 15) is 22.7 Å². The van der Waals surface area contributed by atoms with Crippen molar-refractivity contribution >= 4 is 29.0 Å². The van der Waals surface area contributed by atoms with E-state index in [1.54, 1.807) is 6.07 Å². The van der Waals surface area contributed by atoms with Crippen molar-refractivity contribution in [2.45, 2.75) is 17.4 Å². The van der Waals surface area contributed by atoms with Crippen LogP contribution in [0, 0.1) is 5.82 Å². The topological polar surface area (TPSA) is 59.7 Å². The van der Waals surface area contributed by atoms with E-state index in [4.69, 9.17) is 16.3 Å². The highest BCUT2D eigenvalue weighted by Gasteiger charge is 2.32. The van der Waals surface area contributed by atoms with Gasteiger partial charge in [-0.1, -0.05) is 35.5 Å². The number of para-hydroxylation sites is 1. The normalized spacial score (nSPS) is 13.1. The largest absolute Gasteiger partial charge is 0.488 e. The molecule has 0 amide bonds. The van der Waals surface area contributed by atoms with E-state index in [0.29, 0.717) is 0 Å². The molecule has 0 spiro atoms. The zero-order chi connectivity index (χ0) is 19.6. The number of aliphatic hydroxyl groups is 1. The number of rotatable bonds is 6. The Bertz CT molecular complexity index is 951. The molecule has 2 aromatic heterocycles. The predicted octanol–water partition coefficient (Wildman–Crippen LogP) is 4.07. The van der Waals surface area contributed by atoms with E-state index >= 15 is 0 Å². The van der Waals surface area contributed by atoms with E-state index in [1.165, 1.54) is 18.2 Å². The number of aromatic nitrogens is 3. The number of nitrogens with zero attached hydrogens (tertiary/aromatic N) is 3. The first-order valence-electron chi connectivity index (χ1n) is 7.55. The summed E-state index contributed by atoms with van der Waals surface area (Å²) in [5.41, 5.74) is -0.866. The summed E-state index contributed by atoms with van der Waals surface area (Å²) in [5.74, 6) is -0.519. The summed E-state index contributed by atoms with van der Waals surface area (Å²) in [4.78, 5) is 0. The van der Waals surface area contributed by atoms with Crippen molar-refractivity contribution in [3.05, 3.63) is 52.9 Å². The van der Waals surface area contributed by atoms with E-state index in [1.807, 2.05) is 0 Å². The van der Waals surface area contributed by atoms with Crippen LogP contribution in [0.4, 0.5) is 17.6 Å². The van der Waals surface area contributed by atoms with Crippen molar-refractivity contribution in [3.63, 3.8) is 0 Å². The van der Waals surface area contributed by atoms with Gasteiger partial charge in [-0.15, -0.1) is 10.2 Å². The number of hydrogen-bond acceptors (Lipinski definition) is 5. The molecular formula is C16H12ClF4N3O2S. The fourth-order valence-electron chi connectivity index (χ4n) is 2.15. The molecule has 0 aliphatic carbocycles. The number of alkyl halides is 3. The summed E-state index contributed by atoms with van der Waals surface area (Å²) in [7, 11) is 0. The van der Waals surface area contributed by atoms with Crippen LogP contribution in [0.1, 0.15) is 5.56 Å². The maximum atomic E-state index is 13.5. The molecule has 0 aliphatic heterocycles. The highest BCUT2D eigenvalue weighted by Crippen LogP contribution is 2.33. The number of benzene rings is 1. The summed E-state index contributed by atoms with van der Waals surface area (Å²) >= 11 is 6.81. The summed E-state index contributed by atoms with van der Waals surface area (Å²) in [5, 5.41) is 17.5. The molecule has 1 aromatic carbocycles. The van der Waals surface area contributed by atoms with Gasteiger partial charge in [0.1, 0.15) is 6.61 Å². The number of aliphatic hydroxyl groups excluding tert-OH is 1. The average Bonchev–Trinajstić information content (AvgIpc) is 3.02. The van der Waals surface area contributed by atoms with Crippen LogP contribution < -0.4 is 4.74 Å². The fourth-order valence-corrected chi connectivity index (χ4v) is 3.21. The minimum absolute atomic E-state index is 0.00363. The molecule has 3 rings (SSSR count). The summed E-state index contributed by atoms with van der Waals surface area (Å²) in [6.07, 6.45) is -4.74. The van der Waals surface area contributed by atoms with Crippen molar-refractivity contribution in [1.82, 2.24) is 14.6 Å². The minimum atomic E-state index is -4.57. The van der Waals surface area contributed by atoms with Crippen LogP contribution >= 0.6 is 23.4 Å². The maximum Gasteiger partial charge on any atom is 0.417 e. The molecule has 144 valence electrons. The highest BCUT2D eigenvalue weighted by atomic mass is 35.5. The van der Waals surface area contributed by atoms with Gasteiger partial charge in [-0.2, -0.15) is 13.2 Å². The molecule has 0 bridgehead atoms. The molecule has 27 heavy (non-hydrogen) atoms. The standard InChI is InChI=1S/C16H12ClF4N3O2S/c17-11-5-9(16(19,20)21)6-24-14(11)22-23-15(24)27-8-10(25)7-26-13-4-2-1-3-12(13)18/h1-6,10,25H,7-8H2. The zero-order valence-electron chi connectivity index (χ0n) is 13.5. The number of thioether (sulfide) groups is 1. The molecule has 1 N–H and O–H groups in total. The number of halogens is 5. The van der Waals surface area contributed by atoms with Crippen molar-refractivity contribution in [2.75, 3.05) is 12.4 Å². The lowest BCUT2D eigenvalue weighted by molar-refractivity contribution is -0.137. The van der Waals surface area contributed by atoms with Gasteiger partial charge < -0.3 is 9.84 Å². The van der Waals surface area contributed by atoms with Gasteiger partial charge in [-0.25, -0.2) is 4.39 Å². The molecule has 0 saturated heterocycles. The Hall–Kier alpha value is -2.04. The number of ether oxygens (including phenoxy) is 1.